The number of aryl methyl sites for hydroxylation is 1. The lowest BCUT2D eigenvalue weighted by atomic mass is 10.1. The van der Waals surface area contributed by atoms with Crippen LogP contribution in [0.3, 0.4) is 0 Å². The molecule has 8 nitrogen and oxygen atoms in total. The van der Waals surface area contributed by atoms with Crippen molar-refractivity contribution in [1.29, 1.82) is 0 Å². The van der Waals surface area contributed by atoms with Gasteiger partial charge in [0.25, 0.3) is 0 Å². The Morgan fingerprint density at radius 3 is 1.74 bits per heavy atom. The molecule has 0 spiro atoms. The number of methoxy groups -OCH3 is 1. The highest BCUT2D eigenvalue weighted by Gasteiger charge is 2.24. The molecule has 53 heavy (non-hydrogen) atoms. The molecule has 0 fully saturated rings. The van der Waals surface area contributed by atoms with Gasteiger partial charge in [0.15, 0.2) is 0 Å². The normalized spacial score (nSPS) is 11.7. The molecule has 0 heterocycles. The van der Waals surface area contributed by atoms with E-state index in [0.29, 0.717) is 19.3 Å². The maximum Gasteiger partial charge on any atom is 0.309 e. The highest BCUT2D eigenvalue weighted by atomic mass is 32.2. The molecule has 4 atom stereocenters. The first-order valence-corrected chi connectivity index (χ1v) is 17.1. The van der Waals surface area contributed by atoms with Gasteiger partial charge in [0.05, 0.1) is 25.4 Å². The Hall–Kier alpha value is -2.65. The fourth-order valence-electron chi connectivity index (χ4n) is 4.44. The number of Topliss-reactive ketones (excluding diaryl/α,β-unsaturated/α-hetero) is 1. The van der Waals surface area contributed by atoms with E-state index in [-0.39, 0.29) is 104 Å². The first-order valence-electron chi connectivity index (χ1n) is 15.9. The summed E-state index contributed by atoms with van der Waals surface area (Å²) in [6.07, 6.45) is 7.08. The van der Waals surface area contributed by atoms with Crippen LogP contribution in [-0.4, -0.2) is 61.0 Å². The lowest BCUT2D eigenvalue weighted by Gasteiger charge is -2.21. The van der Waals surface area contributed by atoms with Crippen molar-refractivity contribution in [3.63, 3.8) is 0 Å². The highest BCUT2D eigenvalue weighted by molar-refractivity contribution is 7.98. The summed E-state index contributed by atoms with van der Waals surface area (Å²) in [7, 11) is 1.58. The number of hydrogen-bond donors (Lipinski definition) is 0. The molecule has 0 N–H and O–H groups in total. The predicted molar refractivity (Wildman–Crippen MR) is 236 cm³/mol. The van der Waals surface area contributed by atoms with Crippen LogP contribution in [0.1, 0.15) is 176 Å². The molecule has 0 aliphatic carbocycles. The van der Waals surface area contributed by atoms with Gasteiger partial charge in [0.2, 0.25) is 0 Å². The summed E-state index contributed by atoms with van der Waals surface area (Å²) in [5, 5.41) is 0. The molecule has 0 radical (unpaired) electrons. The van der Waals surface area contributed by atoms with Crippen molar-refractivity contribution in [3.05, 3.63) is 47.5 Å². The predicted octanol–water partition coefficient (Wildman–Crippen LogP) is 13.2. The molecule has 0 aromatic heterocycles. The number of unbranched alkanes of at least 4 members (excludes halogenated alkanes) is 2. The van der Waals surface area contributed by atoms with Gasteiger partial charge in [0.1, 0.15) is 24.1 Å². The maximum absolute atomic E-state index is 12.7. The number of ketones is 1. The molecule has 1 rings (SSSR count). The second kappa shape index (κ2) is 43.8. The Morgan fingerprint density at radius 1 is 0.679 bits per heavy atom. The van der Waals surface area contributed by atoms with Gasteiger partial charge in [-0.05, 0) is 51.3 Å². The third-order valence-electron chi connectivity index (χ3n) is 6.89. The summed E-state index contributed by atoms with van der Waals surface area (Å²) in [6, 6.07) is 8.44. The molecule has 1 aromatic rings. The molecular weight excluding hydrogens is 689 g/mol. The van der Waals surface area contributed by atoms with Crippen LogP contribution >= 0.6 is 11.8 Å². The standard InChI is InChI=1S/C35H54O8S.9CH4/c1-7-9-11-12-14-31(21-27(4)36)42-35(39)24-32(13-10-8-2)43-33(37)22-28(5)41-34(38)23-30(40-6)19-20-44-25-29-17-15-26(3)16-18-29;;;;;;;;;/h11-12,15-18,28,30-32H,7-10,13-14,19-25H2,1-6H3;9*1H4. The zero-order valence-electron chi connectivity index (χ0n) is 27.6. The van der Waals surface area contributed by atoms with E-state index >= 15 is 0 Å². The summed E-state index contributed by atoms with van der Waals surface area (Å²) >= 11 is 1.79. The van der Waals surface area contributed by atoms with Gasteiger partial charge in [-0.1, -0.05) is 142 Å². The quantitative estimate of drug-likeness (QED) is 0.0439. The van der Waals surface area contributed by atoms with E-state index in [2.05, 4.69) is 38.1 Å². The Kier molecular flexibility index (Phi) is 59.2. The van der Waals surface area contributed by atoms with Crippen molar-refractivity contribution in [2.45, 2.75) is 202 Å². The average molecular weight is 779 g/mol. The molecule has 9 heteroatoms. The molecule has 0 aliphatic heterocycles. The van der Waals surface area contributed by atoms with Crippen molar-refractivity contribution >= 4 is 35.5 Å². The summed E-state index contributed by atoms with van der Waals surface area (Å²) in [6.45, 7) is 9.27. The van der Waals surface area contributed by atoms with Gasteiger partial charge in [-0.15, -0.1) is 0 Å². The van der Waals surface area contributed by atoms with E-state index in [1.54, 1.807) is 25.8 Å². The summed E-state index contributed by atoms with van der Waals surface area (Å²) in [4.78, 5) is 49.6. The molecule has 0 bridgehead atoms. The first-order chi connectivity index (χ1) is 21.1. The van der Waals surface area contributed by atoms with E-state index in [1.807, 2.05) is 19.1 Å². The molecule has 1 aromatic carbocycles. The number of thioether (sulfide) groups is 1. The van der Waals surface area contributed by atoms with Crippen LogP contribution in [0.5, 0.6) is 0 Å². The fourth-order valence-corrected chi connectivity index (χ4v) is 5.44. The summed E-state index contributed by atoms with van der Waals surface area (Å²) < 4.78 is 22.2. The Morgan fingerprint density at radius 2 is 1.21 bits per heavy atom. The SMILES string of the molecule is C.C.C.C.C.C.C.C.C.CCCC=CCC(CC(C)=O)OC(=O)CC(CCCC)OC(=O)CC(C)OC(=O)CC(CCSCc1ccc(C)cc1)OC. The van der Waals surface area contributed by atoms with Gasteiger partial charge < -0.3 is 18.9 Å². The second-order valence-electron chi connectivity index (χ2n) is 11.4. The zero-order chi connectivity index (χ0) is 32.7. The van der Waals surface area contributed by atoms with Crippen LogP contribution in [-0.2, 0) is 43.9 Å². The van der Waals surface area contributed by atoms with Crippen molar-refractivity contribution in [3.8, 4) is 0 Å². The average Bonchev–Trinajstić information content (AvgIpc) is 2.95. The van der Waals surface area contributed by atoms with Gasteiger partial charge >= 0.3 is 17.9 Å². The van der Waals surface area contributed by atoms with E-state index in [9.17, 15) is 19.2 Å². The Labute approximate surface area is 335 Å². The van der Waals surface area contributed by atoms with E-state index in [4.69, 9.17) is 18.9 Å². The topological polar surface area (TPSA) is 105 Å². The van der Waals surface area contributed by atoms with Crippen molar-refractivity contribution < 1.29 is 38.1 Å². The van der Waals surface area contributed by atoms with Crippen LogP contribution in [0, 0.1) is 6.92 Å². The van der Waals surface area contributed by atoms with Crippen LogP contribution < -0.4 is 0 Å². The molecule has 320 valence electrons. The Balaban J connectivity index is -0.000000307. The molecule has 0 saturated heterocycles. The maximum atomic E-state index is 12.7. The Bertz CT molecular complexity index is 1010. The number of hydrogen-bond acceptors (Lipinski definition) is 9. The zero-order valence-corrected chi connectivity index (χ0v) is 28.5. The van der Waals surface area contributed by atoms with Gasteiger partial charge in [-0.2, -0.15) is 11.8 Å². The fraction of sp³-hybridized carbons (Fsp3) is 0.727. The smallest absolute Gasteiger partial charge is 0.309 e. The third kappa shape index (κ3) is 37.5. The number of carbonyl (C=O) groups is 4. The van der Waals surface area contributed by atoms with Crippen LogP contribution in [0.25, 0.3) is 0 Å². The summed E-state index contributed by atoms with van der Waals surface area (Å²) in [5.41, 5.74) is 2.49. The minimum atomic E-state index is -0.683. The molecule has 0 aliphatic rings. The van der Waals surface area contributed by atoms with Crippen LogP contribution in [0.4, 0.5) is 0 Å². The number of allylic oxidation sites excluding steroid dienone is 1. The molecule has 4 unspecified atom stereocenters. The van der Waals surface area contributed by atoms with Crippen molar-refractivity contribution in [1.82, 2.24) is 0 Å². The van der Waals surface area contributed by atoms with Gasteiger partial charge in [-0.25, -0.2) is 0 Å². The number of esters is 3. The number of carbonyl (C=O) groups excluding carboxylic acids is 4. The number of benzene rings is 1. The van der Waals surface area contributed by atoms with Crippen LogP contribution in [0.2, 0.25) is 0 Å². The lowest BCUT2D eigenvalue weighted by molar-refractivity contribution is -0.161. The number of rotatable bonds is 24. The highest BCUT2D eigenvalue weighted by Crippen LogP contribution is 2.18. The summed E-state index contributed by atoms with van der Waals surface area (Å²) in [5.74, 6) is 0.198. The second-order valence-corrected chi connectivity index (χ2v) is 12.5. The largest absolute Gasteiger partial charge is 0.462 e. The van der Waals surface area contributed by atoms with Crippen molar-refractivity contribution in [2.24, 2.45) is 0 Å². The first kappa shape index (κ1) is 71.7. The third-order valence-corrected chi connectivity index (χ3v) is 7.96. The van der Waals surface area contributed by atoms with Crippen molar-refractivity contribution in [2.75, 3.05) is 12.9 Å². The molecular formula is C44H90O8S. The minimum Gasteiger partial charge on any atom is -0.462 e. The van der Waals surface area contributed by atoms with E-state index in [0.717, 1.165) is 37.2 Å². The van der Waals surface area contributed by atoms with Crippen LogP contribution in [0.15, 0.2) is 36.4 Å². The van der Waals surface area contributed by atoms with Gasteiger partial charge in [-0.3, -0.25) is 19.2 Å². The van der Waals surface area contributed by atoms with E-state index in [1.165, 1.54) is 18.1 Å². The van der Waals surface area contributed by atoms with E-state index < -0.39 is 36.2 Å². The van der Waals surface area contributed by atoms with Gasteiger partial charge in [0, 0.05) is 25.7 Å². The number of ether oxygens (including phenoxy) is 4. The molecule has 0 amide bonds. The molecule has 0 saturated carbocycles. The monoisotopic (exact) mass is 779 g/mol. The minimum absolute atomic E-state index is 0. The lowest BCUT2D eigenvalue weighted by Crippen LogP contribution is -2.28.